The van der Waals surface area contributed by atoms with E-state index in [1.54, 1.807) is 17.9 Å². The molecule has 0 spiro atoms. The Labute approximate surface area is 149 Å². The molecule has 0 unspecified atom stereocenters. The van der Waals surface area contributed by atoms with E-state index in [-0.39, 0.29) is 17.8 Å². The Morgan fingerprint density at radius 2 is 2.28 bits per heavy atom. The molecule has 0 N–H and O–H groups in total. The van der Waals surface area contributed by atoms with Crippen LogP contribution in [0.2, 0.25) is 0 Å². The average Bonchev–Trinajstić information content (AvgIpc) is 3.32. The number of para-hydroxylation sites is 1. The van der Waals surface area contributed by atoms with Crippen LogP contribution < -0.4 is 4.90 Å². The number of aromatic nitrogens is 2. The normalized spacial score (nSPS) is 17.3. The van der Waals surface area contributed by atoms with Gasteiger partial charge >= 0.3 is 0 Å². The van der Waals surface area contributed by atoms with Gasteiger partial charge in [0.25, 0.3) is 5.91 Å². The maximum atomic E-state index is 13.0. The molecule has 1 atom stereocenters. The smallest absolute Gasteiger partial charge is 0.298 e. The Bertz CT molecular complexity index is 911. The van der Waals surface area contributed by atoms with Gasteiger partial charge in [-0.25, -0.2) is 4.98 Å². The van der Waals surface area contributed by atoms with Crippen LogP contribution in [0.15, 0.2) is 28.8 Å². The summed E-state index contributed by atoms with van der Waals surface area (Å²) in [5.74, 6) is -0.000663. The number of amides is 1. The van der Waals surface area contributed by atoms with E-state index in [0.29, 0.717) is 17.4 Å². The van der Waals surface area contributed by atoms with E-state index < -0.39 is 0 Å². The highest BCUT2D eigenvalue weighted by Crippen LogP contribution is 2.32. The van der Waals surface area contributed by atoms with Gasteiger partial charge in [0.2, 0.25) is 5.76 Å². The van der Waals surface area contributed by atoms with Gasteiger partial charge in [-0.2, -0.15) is 0 Å². The van der Waals surface area contributed by atoms with E-state index in [9.17, 15) is 4.79 Å². The summed E-state index contributed by atoms with van der Waals surface area (Å²) in [4.78, 5) is 19.4. The van der Waals surface area contributed by atoms with Crippen molar-refractivity contribution in [2.75, 3.05) is 18.1 Å². The number of fused-ring (bicyclic) bond motifs is 1. The molecule has 0 bridgehead atoms. The van der Waals surface area contributed by atoms with Crippen LogP contribution in [0.25, 0.3) is 10.2 Å². The average molecular weight is 357 g/mol. The van der Waals surface area contributed by atoms with E-state index in [2.05, 4.69) is 5.16 Å². The molecular weight excluding hydrogens is 338 g/mol. The van der Waals surface area contributed by atoms with Crippen molar-refractivity contribution in [1.29, 1.82) is 0 Å². The summed E-state index contributed by atoms with van der Waals surface area (Å²) in [7, 11) is 0. The predicted octanol–water partition coefficient (Wildman–Crippen LogP) is 3.73. The predicted molar refractivity (Wildman–Crippen MR) is 96.2 cm³/mol. The maximum absolute atomic E-state index is 13.0. The van der Waals surface area contributed by atoms with Crippen LogP contribution >= 0.6 is 11.3 Å². The lowest BCUT2D eigenvalue weighted by atomic mass is 10.2. The monoisotopic (exact) mass is 357 g/mol. The van der Waals surface area contributed by atoms with Crippen LogP contribution in [0.3, 0.4) is 0 Å². The Hall–Kier alpha value is -2.25. The number of aryl methyl sites for hydroxylation is 2. The zero-order valence-corrected chi connectivity index (χ0v) is 15.0. The number of ether oxygens (including phenoxy) is 1. The number of nitrogens with zero attached hydrogens (tertiary/aromatic N) is 3. The lowest BCUT2D eigenvalue weighted by molar-refractivity contribution is 0.0887. The van der Waals surface area contributed by atoms with Crippen LogP contribution in [0, 0.1) is 13.8 Å². The highest BCUT2D eigenvalue weighted by molar-refractivity contribution is 7.22. The van der Waals surface area contributed by atoms with Gasteiger partial charge in [0, 0.05) is 12.7 Å². The molecule has 3 aromatic rings. The van der Waals surface area contributed by atoms with Crippen molar-refractivity contribution in [1.82, 2.24) is 10.1 Å². The lowest BCUT2D eigenvalue weighted by Gasteiger charge is -2.21. The van der Waals surface area contributed by atoms with Crippen molar-refractivity contribution in [2.24, 2.45) is 0 Å². The summed E-state index contributed by atoms with van der Waals surface area (Å²) in [5, 5.41) is 4.50. The van der Waals surface area contributed by atoms with Crippen molar-refractivity contribution in [3.05, 3.63) is 41.3 Å². The molecule has 130 valence electrons. The molecule has 0 saturated carbocycles. The lowest BCUT2D eigenvalue weighted by Crippen LogP contribution is -2.37. The Balaban J connectivity index is 1.72. The molecule has 3 heterocycles. The van der Waals surface area contributed by atoms with E-state index in [4.69, 9.17) is 14.2 Å². The maximum Gasteiger partial charge on any atom is 0.298 e. The summed E-state index contributed by atoms with van der Waals surface area (Å²) in [5.41, 5.74) is 2.71. The van der Waals surface area contributed by atoms with Crippen molar-refractivity contribution >= 4 is 32.6 Å². The van der Waals surface area contributed by atoms with Gasteiger partial charge in [-0.05, 0) is 38.3 Å². The zero-order valence-electron chi connectivity index (χ0n) is 14.2. The first kappa shape index (κ1) is 16.2. The Morgan fingerprint density at radius 3 is 2.96 bits per heavy atom. The van der Waals surface area contributed by atoms with Crippen molar-refractivity contribution in [3.63, 3.8) is 0 Å². The highest BCUT2D eigenvalue weighted by atomic mass is 32.1. The molecular formula is C18H19N3O3S. The third-order valence-electron chi connectivity index (χ3n) is 4.33. The Kier molecular flexibility index (Phi) is 4.27. The van der Waals surface area contributed by atoms with Gasteiger partial charge < -0.3 is 9.26 Å². The zero-order chi connectivity index (χ0) is 17.4. The fourth-order valence-corrected chi connectivity index (χ4v) is 4.08. The van der Waals surface area contributed by atoms with Crippen molar-refractivity contribution in [3.8, 4) is 0 Å². The van der Waals surface area contributed by atoms with E-state index in [0.717, 1.165) is 35.2 Å². The fourth-order valence-electron chi connectivity index (χ4n) is 3.03. The molecule has 1 aromatic carbocycles. The minimum Gasteiger partial charge on any atom is -0.376 e. The topological polar surface area (TPSA) is 68.5 Å². The number of benzene rings is 1. The number of hydrogen-bond donors (Lipinski definition) is 0. The van der Waals surface area contributed by atoms with Crippen LogP contribution in [0.5, 0.6) is 0 Å². The number of anilines is 1. The van der Waals surface area contributed by atoms with Crippen LogP contribution in [-0.2, 0) is 4.74 Å². The molecule has 0 radical (unpaired) electrons. The van der Waals surface area contributed by atoms with E-state index in [1.807, 2.05) is 25.1 Å². The van der Waals surface area contributed by atoms with Gasteiger partial charge in [-0.3, -0.25) is 9.69 Å². The first-order valence-electron chi connectivity index (χ1n) is 8.35. The number of carbonyl (C=O) groups is 1. The fraction of sp³-hybridized carbons (Fsp3) is 0.389. The molecule has 1 aliphatic heterocycles. The summed E-state index contributed by atoms with van der Waals surface area (Å²) < 4.78 is 12.0. The van der Waals surface area contributed by atoms with Gasteiger partial charge in [-0.15, -0.1) is 0 Å². The summed E-state index contributed by atoms with van der Waals surface area (Å²) in [6.07, 6.45) is 2.00. The molecule has 6 nitrogen and oxygen atoms in total. The molecule has 0 aliphatic carbocycles. The Morgan fingerprint density at radius 1 is 1.40 bits per heavy atom. The number of hydrogen-bond acceptors (Lipinski definition) is 6. The SMILES string of the molecule is Cc1cc(C(=O)N(C[C@@H]2CCCO2)c2nc3c(C)cccc3s2)on1. The van der Waals surface area contributed by atoms with Crippen LogP contribution in [0.1, 0.15) is 34.7 Å². The summed E-state index contributed by atoms with van der Waals surface area (Å²) >= 11 is 1.51. The molecule has 4 rings (SSSR count). The third-order valence-corrected chi connectivity index (χ3v) is 5.38. The standard InChI is InChI=1S/C18H19N3O3S/c1-11-5-3-7-15-16(11)19-18(25-15)21(10-13-6-4-8-23-13)17(22)14-9-12(2)20-24-14/h3,5,7,9,13H,4,6,8,10H2,1-2H3/t13-/m0/s1. The number of rotatable bonds is 4. The van der Waals surface area contributed by atoms with Gasteiger partial charge in [0.15, 0.2) is 5.13 Å². The van der Waals surface area contributed by atoms with Gasteiger partial charge in [0.05, 0.1) is 28.6 Å². The van der Waals surface area contributed by atoms with Gasteiger partial charge in [-0.1, -0.05) is 28.6 Å². The molecule has 1 amide bonds. The van der Waals surface area contributed by atoms with Crippen LogP contribution in [0.4, 0.5) is 5.13 Å². The highest BCUT2D eigenvalue weighted by Gasteiger charge is 2.29. The summed E-state index contributed by atoms with van der Waals surface area (Å²) in [6, 6.07) is 7.71. The third kappa shape index (κ3) is 3.17. The molecule has 25 heavy (non-hydrogen) atoms. The largest absolute Gasteiger partial charge is 0.376 e. The second kappa shape index (κ2) is 6.57. The first-order valence-corrected chi connectivity index (χ1v) is 9.16. The van der Waals surface area contributed by atoms with Gasteiger partial charge in [0.1, 0.15) is 0 Å². The van der Waals surface area contributed by atoms with Crippen molar-refractivity contribution in [2.45, 2.75) is 32.8 Å². The molecule has 1 fully saturated rings. The molecule has 2 aromatic heterocycles. The second-order valence-corrected chi connectivity index (χ2v) is 7.31. The molecule has 7 heteroatoms. The first-order chi connectivity index (χ1) is 12.1. The second-order valence-electron chi connectivity index (χ2n) is 6.30. The number of carbonyl (C=O) groups excluding carboxylic acids is 1. The van der Waals surface area contributed by atoms with E-state index >= 15 is 0 Å². The molecule has 1 saturated heterocycles. The van der Waals surface area contributed by atoms with E-state index in [1.165, 1.54) is 11.3 Å². The molecule has 1 aliphatic rings. The van der Waals surface area contributed by atoms with Crippen LogP contribution in [-0.4, -0.2) is 35.3 Å². The quantitative estimate of drug-likeness (QED) is 0.712. The number of thiazole rings is 1. The van der Waals surface area contributed by atoms with Crippen molar-refractivity contribution < 1.29 is 14.1 Å². The summed E-state index contributed by atoms with van der Waals surface area (Å²) in [6.45, 7) is 5.04. The minimum atomic E-state index is -0.229. The minimum absolute atomic E-state index is 0.0288.